The van der Waals surface area contributed by atoms with E-state index in [1.165, 1.54) is 12.1 Å². The molecule has 0 spiro atoms. The van der Waals surface area contributed by atoms with Crippen molar-refractivity contribution in [3.8, 4) is 6.07 Å². The predicted molar refractivity (Wildman–Crippen MR) is 97.2 cm³/mol. The molecule has 2 aliphatic rings. The normalized spacial score (nSPS) is 24.3. The van der Waals surface area contributed by atoms with Crippen molar-refractivity contribution in [1.82, 2.24) is 10.2 Å². The Morgan fingerprint density at radius 1 is 1.23 bits per heavy atom. The second-order valence-corrected chi connectivity index (χ2v) is 7.79. The molecule has 1 heterocycles. The van der Waals surface area contributed by atoms with Gasteiger partial charge in [0.1, 0.15) is 18.3 Å². The second kappa shape index (κ2) is 8.13. The number of hydrogen-bond donors (Lipinski definition) is 2. The summed E-state index contributed by atoms with van der Waals surface area (Å²) in [5, 5.41) is 20.8. The van der Waals surface area contributed by atoms with E-state index in [1.807, 2.05) is 6.07 Å². The first-order valence-electron chi connectivity index (χ1n) is 9.60. The molecule has 1 saturated carbocycles. The third kappa shape index (κ3) is 4.06. The van der Waals surface area contributed by atoms with E-state index in [4.69, 9.17) is 0 Å². The number of benzene rings is 1. The number of nitrogens with one attached hydrogen (secondary N) is 1. The monoisotopic (exact) mass is 427 g/mol. The van der Waals surface area contributed by atoms with Gasteiger partial charge in [-0.15, -0.1) is 0 Å². The van der Waals surface area contributed by atoms with E-state index < -0.39 is 47.4 Å². The lowest BCUT2D eigenvalue weighted by atomic mass is 9.72. The molecular weight excluding hydrogens is 406 g/mol. The van der Waals surface area contributed by atoms with Gasteiger partial charge in [-0.3, -0.25) is 4.79 Å². The molecule has 2 amide bonds. The maximum atomic E-state index is 13.9. The first-order valence-corrected chi connectivity index (χ1v) is 9.60. The smallest absolute Gasteiger partial charge is 0.416 e. The van der Waals surface area contributed by atoms with Crippen LogP contribution in [0.3, 0.4) is 0 Å². The molecule has 10 heteroatoms. The van der Waals surface area contributed by atoms with E-state index in [0.717, 1.165) is 17.0 Å². The Hall–Kier alpha value is -2.83. The molecule has 0 bridgehead atoms. The number of carboxylic acid groups (broad SMARTS) is 1. The summed E-state index contributed by atoms with van der Waals surface area (Å²) in [6.45, 7) is -0.321. The highest BCUT2D eigenvalue weighted by Crippen LogP contribution is 2.45. The maximum Gasteiger partial charge on any atom is 0.416 e. The fourth-order valence-electron chi connectivity index (χ4n) is 4.62. The molecule has 30 heavy (non-hydrogen) atoms. The molecule has 1 aromatic carbocycles. The van der Waals surface area contributed by atoms with Gasteiger partial charge in [0, 0.05) is 11.8 Å². The van der Waals surface area contributed by atoms with Gasteiger partial charge in [-0.2, -0.15) is 18.4 Å². The Morgan fingerprint density at radius 3 is 2.33 bits per heavy atom. The summed E-state index contributed by atoms with van der Waals surface area (Å²) < 4.78 is 52.7. The van der Waals surface area contributed by atoms with Crippen LogP contribution in [0.4, 0.5) is 22.4 Å². The number of amides is 2. The zero-order valence-corrected chi connectivity index (χ0v) is 16.0. The number of alkyl halides is 4. The molecule has 2 fully saturated rings. The van der Waals surface area contributed by atoms with Crippen molar-refractivity contribution in [2.75, 3.05) is 6.54 Å². The lowest BCUT2D eigenvalue weighted by Gasteiger charge is -2.39. The van der Waals surface area contributed by atoms with Crippen molar-refractivity contribution in [2.45, 2.75) is 62.0 Å². The Labute approximate surface area is 170 Å². The highest BCUT2D eigenvalue weighted by molar-refractivity contribution is 5.88. The fraction of sp³-hybridized carbons (Fsp3) is 0.550. The van der Waals surface area contributed by atoms with Crippen molar-refractivity contribution in [3.05, 3.63) is 35.4 Å². The highest BCUT2D eigenvalue weighted by atomic mass is 19.4. The molecule has 1 saturated heterocycles. The molecule has 1 aliphatic carbocycles. The van der Waals surface area contributed by atoms with E-state index >= 15 is 0 Å². The van der Waals surface area contributed by atoms with Gasteiger partial charge < -0.3 is 15.3 Å². The van der Waals surface area contributed by atoms with Crippen LogP contribution in [0, 0.1) is 11.3 Å². The summed E-state index contributed by atoms with van der Waals surface area (Å²) >= 11 is 0. The number of nitriles is 1. The molecule has 1 aromatic rings. The highest BCUT2D eigenvalue weighted by Gasteiger charge is 2.51. The quantitative estimate of drug-likeness (QED) is 0.718. The number of halogens is 4. The summed E-state index contributed by atoms with van der Waals surface area (Å²) in [6, 6.07) is 3.85. The summed E-state index contributed by atoms with van der Waals surface area (Å²) in [5.74, 6) is -0.731. The van der Waals surface area contributed by atoms with Gasteiger partial charge >= 0.3 is 12.3 Å². The number of carbonyl (C=O) groups is 2. The number of nitrogens with zero attached hydrogens (tertiary/aromatic N) is 2. The van der Waals surface area contributed by atoms with Gasteiger partial charge in [0.25, 0.3) is 0 Å². The van der Waals surface area contributed by atoms with Gasteiger partial charge in [0.15, 0.2) is 0 Å². The Balaban J connectivity index is 2.02. The predicted octanol–water partition coefficient (Wildman–Crippen LogP) is 3.62. The van der Waals surface area contributed by atoms with E-state index in [-0.39, 0.29) is 13.0 Å². The summed E-state index contributed by atoms with van der Waals surface area (Å²) in [7, 11) is 0. The summed E-state index contributed by atoms with van der Waals surface area (Å²) in [5.41, 5.74) is -1.52. The van der Waals surface area contributed by atoms with Crippen LogP contribution in [0.15, 0.2) is 24.3 Å². The van der Waals surface area contributed by atoms with Crippen molar-refractivity contribution >= 4 is 12.0 Å². The van der Waals surface area contributed by atoms with Crippen LogP contribution in [-0.4, -0.2) is 46.8 Å². The lowest BCUT2D eigenvalue weighted by molar-refractivity contribution is -0.138. The minimum atomic E-state index is -4.53. The molecule has 0 radical (unpaired) electrons. The van der Waals surface area contributed by atoms with Crippen LogP contribution in [0.2, 0.25) is 0 Å². The van der Waals surface area contributed by atoms with Gasteiger partial charge in [0.05, 0.1) is 18.2 Å². The molecular formula is C20H21F4N3O3. The first-order chi connectivity index (χ1) is 14.1. The zero-order chi connectivity index (χ0) is 22.1. The van der Waals surface area contributed by atoms with Gasteiger partial charge in [-0.25, -0.2) is 9.18 Å². The van der Waals surface area contributed by atoms with Crippen LogP contribution >= 0.6 is 0 Å². The van der Waals surface area contributed by atoms with Crippen LogP contribution in [-0.2, 0) is 16.4 Å². The number of likely N-dealkylation sites (tertiary alicyclic amines) is 1. The molecule has 6 nitrogen and oxygen atoms in total. The lowest BCUT2D eigenvalue weighted by Crippen LogP contribution is -2.59. The van der Waals surface area contributed by atoms with E-state index in [0.29, 0.717) is 31.2 Å². The van der Waals surface area contributed by atoms with Crippen molar-refractivity contribution < 1.29 is 32.3 Å². The van der Waals surface area contributed by atoms with Crippen molar-refractivity contribution in [3.63, 3.8) is 0 Å². The van der Waals surface area contributed by atoms with Crippen LogP contribution in [0.1, 0.15) is 43.2 Å². The summed E-state index contributed by atoms with van der Waals surface area (Å²) in [4.78, 5) is 25.8. The zero-order valence-electron chi connectivity index (χ0n) is 16.0. The Bertz CT molecular complexity index is 844. The minimum Gasteiger partial charge on any atom is -0.465 e. The van der Waals surface area contributed by atoms with Crippen LogP contribution in [0.25, 0.3) is 0 Å². The SMILES string of the molecule is N#C[C@@H]1C[C@H](F)CN1C(=O)[C@@H](NC(=O)O)C1(c2ccc(C(F)(F)F)cc2)CCCC1. The van der Waals surface area contributed by atoms with Crippen molar-refractivity contribution in [1.29, 1.82) is 5.26 Å². The van der Waals surface area contributed by atoms with Crippen molar-refractivity contribution in [2.24, 2.45) is 0 Å². The minimum absolute atomic E-state index is 0.157. The Morgan fingerprint density at radius 2 is 1.83 bits per heavy atom. The standard InChI is InChI=1S/C20H21F4N3O3/c21-14-9-15(10-25)27(11-14)17(28)16(26-18(29)30)19(7-1-2-8-19)12-3-5-13(6-4-12)20(22,23)24/h3-6,14-16,26H,1-2,7-9,11H2,(H,29,30)/t14-,15-,16+/m0/s1. The molecule has 162 valence electrons. The molecule has 1 aliphatic heterocycles. The Kier molecular flexibility index (Phi) is 5.92. The molecule has 2 N–H and O–H groups in total. The molecule has 0 unspecified atom stereocenters. The number of hydrogen-bond acceptors (Lipinski definition) is 3. The fourth-order valence-corrected chi connectivity index (χ4v) is 4.62. The van der Waals surface area contributed by atoms with Gasteiger partial charge in [0.2, 0.25) is 5.91 Å². The van der Waals surface area contributed by atoms with Crippen LogP contribution in [0.5, 0.6) is 0 Å². The average molecular weight is 427 g/mol. The number of carbonyl (C=O) groups excluding carboxylic acids is 1. The molecule has 3 atom stereocenters. The third-order valence-corrected chi connectivity index (χ3v) is 6.03. The van der Waals surface area contributed by atoms with E-state index in [9.17, 15) is 37.5 Å². The van der Waals surface area contributed by atoms with Gasteiger partial charge in [-0.1, -0.05) is 25.0 Å². The molecule has 3 rings (SSSR count). The largest absolute Gasteiger partial charge is 0.465 e. The maximum absolute atomic E-state index is 13.9. The first kappa shape index (κ1) is 21.9. The second-order valence-electron chi connectivity index (χ2n) is 7.79. The third-order valence-electron chi connectivity index (χ3n) is 6.03. The number of rotatable bonds is 4. The van der Waals surface area contributed by atoms with E-state index in [2.05, 4.69) is 5.32 Å². The molecule has 0 aromatic heterocycles. The topological polar surface area (TPSA) is 93.4 Å². The van der Waals surface area contributed by atoms with Gasteiger partial charge in [-0.05, 0) is 30.5 Å². The van der Waals surface area contributed by atoms with Crippen LogP contribution < -0.4 is 5.32 Å². The summed E-state index contributed by atoms with van der Waals surface area (Å²) in [6.07, 6.45) is -5.50. The van der Waals surface area contributed by atoms with E-state index in [1.54, 1.807) is 0 Å². The average Bonchev–Trinajstić information content (AvgIpc) is 3.32.